The van der Waals surface area contributed by atoms with Crippen molar-refractivity contribution in [3.63, 3.8) is 0 Å². The second kappa shape index (κ2) is 5.53. The quantitative estimate of drug-likeness (QED) is 0.618. The highest BCUT2D eigenvalue weighted by molar-refractivity contribution is 5.81. The first-order valence-corrected chi connectivity index (χ1v) is 4.25. The number of carboxylic acid groups (broad SMARTS) is 1. The molecule has 0 bridgehead atoms. The third kappa shape index (κ3) is 4.47. The molecule has 5 nitrogen and oxygen atoms in total. The number of rotatable bonds is 5. The number of carboxylic acids is 1. The van der Waals surface area contributed by atoms with Gasteiger partial charge in [0.2, 0.25) is 5.91 Å². The van der Waals surface area contributed by atoms with Crippen molar-refractivity contribution in [2.75, 3.05) is 13.1 Å². The zero-order chi connectivity index (χ0) is 10.4. The molecule has 0 radical (unpaired) electrons. The Hall–Kier alpha value is -1.10. The van der Waals surface area contributed by atoms with E-state index in [1.165, 1.54) is 4.90 Å². The molecule has 1 unspecified atom stereocenters. The van der Waals surface area contributed by atoms with Gasteiger partial charge in [-0.3, -0.25) is 9.59 Å². The van der Waals surface area contributed by atoms with Gasteiger partial charge < -0.3 is 15.7 Å². The highest BCUT2D eigenvalue weighted by Gasteiger charge is 2.15. The van der Waals surface area contributed by atoms with Crippen molar-refractivity contribution in [1.29, 1.82) is 0 Å². The molecule has 0 aliphatic heterocycles. The average molecular weight is 188 g/mol. The number of aliphatic carboxylic acids is 1. The van der Waals surface area contributed by atoms with Gasteiger partial charge in [0.25, 0.3) is 0 Å². The van der Waals surface area contributed by atoms with E-state index in [1.807, 2.05) is 0 Å². The largest absolute Gasteiger partial charge is 0.481 e. The van der Waals surface area contributed by atoms with Crippen LogP contribution in [-0.4, -0.2) is 41.0 Å². The van der Waals surface area contributed by atoms with Crippen molar-refractivity contribution >= 4 is 11.9 Å². The molecule has 5 heteroatoms. The molecule has 0 spiro atoms. The molecule has 1 atom stereocenters. The molecule has 0 rings (SSSR count). The van der Waals surface area contributed by atoms with Gasteiger partial charge in [0.05, 0.1) is 12.5 Å². The van der Waals surface area contributed by atoms with Crippen molar-refractivity contribution in [3.05, 3.63) is 0 Å². The van der Waals surface area contributed by atoms with E-state index >= 15 is 0 Å². The van der Waals surface area contributed by atoms with E-state index in [0.29, 0.717) is 6.54 Å². The predicted octanol–water partition coefficient (Wildman–Crippen LogP) is -0.343. The number of hydrogen-bond acceptors (Lipinski definition) is 3. The smallest absolute Gasteiger partial charge is 0.305 e. The molecule has 0 saturated heterocycles. The summed E-state index contributed by atoms with van der Waals surface area (Å²) in [6.45, 7) is 4.10. The third-order valence-electron chi connectivity index (χ3n) is 1.68. The Bertz CT molecular complexity index is 192. The molecule has 0 aromatic carbocycles. The van der Waals surface area contributed by atoms with Gasteiger partial charge in [-0.2, -0.15) is 0 Å². The molecule has 1 amide bonds. The molecular formula is C8H16N2O3. The van der Waals surface area contributed by atoms with Crippen LogP contribution in [0, 0.1) is 0 Å². The number of carbonyl (C=O) groups is 2. The zero-order valence-corrected chi connectivity index (χ0v) is 7.99. The number of nitrogens with two attached hydrogens (primary N) is 1. The van der Waals surface area contributed by atoms with Crippen molar-refractivity contribution in [3.8, 4) is 0 Å². The first-order chi connectivity index (χ1) is 5.99. The summed E-state index contributed by atoms with van der Waals surface area (Å²) in [5.74, 6) is -1.11. The fraction of sp³-hybridized carbons (Fsp3) is 0.750. The van der Waals surface area contributed by atoms with Gasteiger partial charge in [0.1, 0.15) is 0 Å². The number of hydrogen-bond donors (Lipinski definition) is 2. The van der Waals surface area contributed by atoms with Gasteiger partial charge in [-0.05, 0) is 13.8 Å². The van der Waals surface area contributed by atoms with Gasteiger partial charge in [-0.15, -0.1) is 0 Å². The van der Waals surface area contributed by atoms with E-state index in [1.54, 1.807) is 13.8 Å². The summed E-state index contributed by atoms with van der Waals surface area (Å²) in [7, 11) is 0. The van der Waals surface area contributed by atoms with Gasteiger partial charge in [0, 0.05) is 13.1 Å². The second-order valence-electron chi connectivity index (χ2n) is 2.85. The molecule has 0 aromatic heterocycles. The summed E-state index contributed by atoms with van der Waals surface area (Å²) in [6, 6.07) is -0.561. The van der Waals surface area contributed by atoms with Gasteiger partial charge in [-0.25, -0.2) is 0 Å². The SMILES string of the molecule is CCN(CCC(=O)O)C(=O)C(C)N. The fourth-order valence-electron chi connectivity index (χ4n) is 0.943. The lowest BCUT2D eigenvalue weighted by Crippen LogP contribution is -2.42. The Morgan fingerprint density at radius 2 is 2.08 bits per heavy atom. The van der Waals surface area contributed by atoms with Crippen LogP contribution in [0.3, 0.4) is 0 Å². The van der Waals surface area contributed by atoms with Gasteiger partial charge in [0.15, 0.2) is 0 Å². The van der Waals surface area contributed by atoms with Crippen LogP contribution in [0.4, 0.5) is 0 Å². The second-order valence-corrected chi connectivity index (χ2v) is 2.85. The van der Waals surface area contributed by atoms with E-state index in [-0.39, 0.29) is 18.9 Å². The predicted molar refractivity (Wildman–Crippen MR) is 48.2 cm³/mol. The first-order valence-electron chi connectivity index (χ1n) is 4.25. The van der Waals surface area contributed by atoms with Crippen LogP contribution in [0.25, 0.3) is 0 Å². The van der Waals surface area contributed by atoms with Crippen LogP contribution in [0.2, 0.25) is 0 Å². The maximum atomic E-state index is 11.3. The number of carbonyl (C=O) groups excluding carboxylic acids is 1. The Morgan fingerprint density at radius 1 is 1.54 bits per heavy atom. The standard InChI is InChI=1S/C8H16N2O3/c1-3-10(5-4-7(11)12)8(13)6(2)9/h6H,3-5,9H2,1-2H3,(H,11,12). The van der Waals surface area contributed by atoms with Crippen LogP contribution in [0.15, 0.2) is 0 Å². The average Bonchev–Trinajstić information content (AvgIpc) is 2.04. The molecule has 76 valence electrons. The number of likely N-dealkylation sites (N-methyl/N-ethyl adjacent to an activating group) is 1. The highest BCUT2D eigenvalue weighted by atomic mass is 16.4. The maximum Gasteiger partial charge on any atom is 0.305 e. The maximum absolute atomic E-state index is 11.3. The lowest BCUT2D eigenvalue weighted by molar-refractivity contribution is -0.138. The van der Waals surface area contributed by atoms with Gasteiger partial charge in [-0.1, -0.05) is 0 Å². The molecule has 0 aromatic rings. The summed E-state index contributed by atoms with van der Waals surface area (Å²) in [5.41, 5.74) is 5.38. The minimum absolute atomic E-state index is 0.0354. The Labute approximate surface area is 77.5 Å². The lowest BCUT2D eigenvalue weighted by atomic mass is 10.3. The Kier molecular flexibility index (Phi) is 5.06. The lowest BCUT2D eigenvalue weighted by Gasteiger charge is -2.21. The summed E-state index contributed by atoms with van der Waals surface area (Å²) in [4.78, 5) is 23.0. The van der Waals surface area contributed by atoms with E-state index in [2.05, 4.69) is 0 Å². The molecule has 13 heavy (non-hydrogen) atoms. The molecular weight excluding hydrogens is 172 g/mol. The van der Waals surface area contributed by atoms with Crippen LogP contribution in [0.1, 0.15) is 20.3 Å². The van der Waals surface area contributed by atoms with Crippen LogP contribution < -0.4 is 5.73 Å². The van der Waals surface area contributed by atoms with E-state index in [4.69, 9.17) is 10.8 Å². The third-order valence-corrected chi connectivity index (χ3v) is 1.68. The van der Waals surface area contributed by atoms with Crippen molar-refractivity contribution in [2.45, 2.75) is 26.3 Å². The van der Waals surface area contributed by atoms with E-state index in [0.717, 1.165) is 0 Å². The monoisotopic (exact) mass is 188 g/mol. The highest BCUT2D eigenvalue weighted by Crippen LogP contribution is 1.95. The Balaban J connectivity index is 4.02. The first kappa shape index (κ1) is 11.9. The summed E-state index contributed by atoms with van der Waals surface area (Å²) < 4.78 is 0. The normalized spacial score (nSPS) is 12.2. The topological polar surface area (TPSA) is 83.6 Å². The molecule has 0 fully saturated rings. The minimum atomic E-state index is -0.907. The minimum Gasteiger partial charge on any atom is -0.481 e. The summed E-state index contributed by atoms with van der Waals surface area (Å²) in [6.07, 6.45) is -0.0354. The van der Waals surface area contributed by atoms with Gasteiger partial charge >= 0.3 is 5.97 Å². The van der Waals surface area contributed by atoms with Crippen molar-refractivity contribution < 1.29 is 14.7 Å². The molecule has 3 N–H and O–H groups in total. The molecule has 0 heterocycles. The van der Waals surface area contributed by atoms with E-state index in [9.17, 15) is 9.59 Å². The zero-order valence-electron chi connectivity index (χ0n) is 7.99. The van der Waals surface area contributed by atoms with Crippen LogP contribution >= 0.6 is 0 Å². The molecule has 0 saturated carbocycles. The number of amides is 1. The molecule has 0 aliphatic carbocycles. The van der Waals surface area contributed by atoms with Crippen LogP contribution in [0.5, 0.6) is 0 Å². The number of nitrogens with zero attached hydrogens (tertiary/aromatic N) is 1. The van der Waals surface area contributed by atoms with Crippen LogP contribution in [-0.2, 0) is 9.59 Å². The van der Waals surface area contributed by atoms with Crippen molar-refractivity contribution in [2.24, 2.45) is 5.73 Å². The fourth-order valence-corrected chi connectivity index (χ4v) is 0.943. The summed E-state index contributed by atoms with van der Waals surface area (Å²) in [5, 5.41) is 8.41. The Morgan fingerprint density at radius 3 is 2.38 bits per heavy atom. The van der Waals surface area contributed by atoms with Crippen molar-refractivity contribution in [1.82, 2.24) is 4.90 Å². The van der Waals surface area contributed by atoms with E-state index < -0.39 is 12.0 Å². The molecule has 0 aliphatic rings. The summed E-state index contributed by atoms with van der Waals surface area (Å²) >= 11 is 0.